The molecular formula is C29H20Cl3N3O6S2. The maximum absolute atomic E-state index is 14.0. The summed E-state index contributed by atoms with van der Waals surface area (Å²) in [6, 6.07) is 16.1. The van der Waals surface area contributed by atoms with Gasteiger partial charge in [-0.25, -0.2) is 4.90 Å². The highest BCUT2D eigenvalue weighted by Crippen LogP contribution is 2.54. The SMILES string of the molecule is COc1ccc(N2C(=O)C3Sc4[nH]c(=O)sc4[C@H](c4cc(Cl)ccc4OCC(=O)Nc4ccc(Cl)c(Cl)c4)C3C2=O)cc1. The molecule has 1 aromatic heterocycles. The minimum absolute atomic E-state index is 0.277. The van der Waals surface area contributed by atoms with E-state index in [0.29, 0.717) is 42.6 Å². The van der Waals surface area contributed by atoms with Gasteiger partial charge in [-0.1, -0.05) is 57.9 Å². The second-order valence-corrected chi connectivity index (χ2v) is 13.0. The zero-order chi connectivity index (χ0) is 30.4. The summed E-state index contributed by atoms with van der Waals surface area (Å²) in [5.74, 6) is -2.07. The zero-order valence-electron chi connectivity index (χ0n) is 22.1. The molecule has 3 amide bonds. The number of aromatic nitrogens is 1. The van der Waals surface area contributed by atoms with E-state index in [2.05, 4.69) is 10.3 Å². The van der Waals surface area contributed by atoms with Crippen molar-refractivity contribution in [3.8, 4) is 11.5 Å². The summed E-state index contributed by atoms with van der Waals surface area (Å²) in [7, 11) is 1.53. The summed E-state index contributed by atoms with van der Waals surface area (Å²) in [6.07, 6.45) is 0. The minimum Gasteiger partial charge on any atom is -0.497 e. The fourth-order valence-corrected chi connectivity index (χ4v) is 8.13. The van der Waals surface area contributed by atoms with Crippen LogP contribution in [0.15, 0.2) is 70.5 Å². The third-order valence-corrected chi connectivity index (χ3v) is 10.4. The first kappa shape index (κ1) is 29.6. The van der Waals surface area contributed by atoms with Gasteiger partial charge in [0.2, 0.25) is 11.8 Å². The van der Waals surface area contributed by atoms with E-state index in [9.17, 15) is 19.2 Å². The molecular weight excluding hydrogens is 657 g/mol. The number of carbonyl (C=O) groups is 3. The van der Waals surface area contributed by atoms with Crippen LogP contribution < -0.4 is 24.6 Å². The van der Waals surface area contributed by atoms with Crippen LogP contribution in [0.1, 0.15) is 16.4 Å². The third kappa shape index (κ3) is 5.63. The van der Waals surface area contributed by atoms with Gasteiger partial charge in [-0.2, -0.15) is 0 Å². The second-order valence-electron chi connectivity index (χ2n) is 9.61. The van der Waals surface area contributed by atoms with Gasteiger partial charge in [0.15, 0.2) is 6.61 Å². The fourth-order valence-electron chi connectivity index (χ4n) is 5.15. The number of hydrogen-bond donors (Lipinski definition) is 2. The van der Waals surface area contributed by atoms with Crippen LogP contribution in [-0.2, 0) is 14.4 Å². The molecule has 43 heavy (non-hydrogen) atoms. The standard InChI is InChI=1S/C29H20Cl3N3O6S2/c1-40-16-6-4-15(5-7-16)35-27(37)23-22(24-26(34-29(39)43-24)42-25(23)28(35)38)17-10-13(30)2-9-20(17)41-12-21(36)33-14-3-8-18(31)19(32)11-14/h2-11,22-23,25H,12H2,1H3,(H,33,36)(H,34,39)/t22-,23?,25?/m1/s1. The third-order valence-electron chi connectivity index (χ3n) is 7.02. The van der Waals surface area contributed by atoms with Gasteiger partial charge in [-0.15, -0.1) is 0 Å². The first-order valence-corrected chi connectivity index (χ1v) is 15.6. The van der Waals surface area contributed by atoms with Crippen LogP contribution in [0.5, 0.6) is 11.5 Å². The van der Waals surface area contributed by atoms with Crippen molar-refractivity contribution in [1.29, 1.82) is 0 Å². The fraction of sp³-hybridized carbons (Fsp3) is 0.172. The number of thiazole rings is 1. The molecule has 9 nitrogen and oxygen atoms in total. The van der Waals surface area contributed by atoms with E-state index in [1.807, 2.05) is 0 Å². The number of halogens is 3. The van der Waals surface area contributed by atoms with E-state index < -0.39 is 34.8 Å². The molecule has 2 unspecified atom stereocenters. The Morgan fingerprint density at radius 1 is 0.977 bits per heavy atom. The van der Waals surface area contributed by atoms with Crippen LogP contribution in [0, 0.1) is 5.92 Å². The number of methoxy groups -OCH3 is 1. The van der Waals surface area contributed by atoms with Crippen molar-refractivity contribution in [3.63, 3.8) is 0 Å². The molecule has 0 bridgehead atoms. The van der Waals surface area contributed by atoms with Crippen LogP contribution in [0.4, 0.5) is 11.4 Å². The van der Waals surface area contributed by atoms with Crippen molar-refractivity contribution in [2.45, 2.75) is 16.2 Å². The smallest absolute Gasteiger partial charge is 0.305 e. The Morgan fingerprint density at radius 3 is 2.47 bits per heavy atom. The Morgan fingerprint density at radius 2 is 1.74 bits per heavy atom. The number of thioether (sulfide) groups is 1. The summed E-state index contributed by atoms with van der Waals surface area (Å²) in [4.78, 5) is 57.2. The molecule has 2 aliphatic heterocycles. The maximum Gasteiger partial charge on any atom is 0.305 e. The van der Waals surface area contributed by atoms with E-state index in [1.54, 1.807) is 54.6 Å². The first-order valence-electron chi connectivity index (χ1n) is 12.7. The zero-order valence-corrected chi connectivity index (χ0v) is 26.0. The van der Waals surface area contributed by atoms with Crippen molar-refractivity contribution in [2.75, 3.05) is 23.9 Å². The van der Waals surface area contributed by atoms with Crippen LogP contribution >= 0.6 is 57.9 Å². The summed E-state index contributed by atoms with van der Waals surface area (Å²) in [5.41, 5.74) is 1.31. The number of nitrogens with zero attached hydrogens (tertiary/aromatic N) is 1. The molecule has 4 aromatic rings. The van der Waals surface area contributed by atoms with E-state index in [1.165, 1.54) is 18.1 Å². The Balaban J connectivity index is 1.34. The van der Waals surface area contributed by atoms with Crippen molar-refractivity contribution in [2.24, 2.45) is 5.92 Å². The highest BCUT2D eigenvalue weighted by molar-refractivity contribution is 8.00. The number of imide groups is 1. The van der Waals surface area contributed by atoms with Crippen LogP contribution in [0.2, 0.25) is 15.1 Å². The summed E-state index contributed by atoms with van der Waals surface area (Å²) >= 11 is 20.5. The number of ether oxygens (including phenoxy) is 2. The van der Waals surface area contributed by atoms with Crippen molar-refractivity contribution in [1.82, 2.24) is 4.98 Å². The molecule has 2 aliphatic rings. The molecule has 220 valence electrons. The molecule has 0 radical (unpaired) electrons. The average molecular weight is 677 g/mol. The molecule has 0 spiro atoms. The van der Waals surface area contributed by atoms with Gasteiger partial charge in [0.1, 0.15) is 16.7 Å². The molecule has 0 saturated carbocycles. The molecule has 1 fully saturated rings. The Bertz CT molecular complexity index is 1830. The molecule has 6 rings (SSSR count). The number of fused-ring (bicyclic) bond motifs is 2. The lowest BCUT2D eigenvalue weighted by Crippen LogP contribution is -2.32. The maximum atomic E-state index is 14.0. The van der Waals surface area contributed by atoms with Gasteiger partial charge in [0.05, 0.1) is 33.8 Å². The van der Waals surface area contributed by atoms with E-state index in [0.717, 1.165) is 23.1 Å². The number of aromatic amines is 1. The van der Waals surface area contributed by atoms with Crippen LogP contribution in [-0.4, -0.2) is 41.7 Å². The lowest BCUT2D eigenvalue weighted by Gasteiger charge is -2.31. The molecule has 14 heteroatoms. The summed E-state index contributed by atoms with van der Waals surface area (Å²) < 4.78 is 11.2. The number of rotatable bonds is 7. The molecule has 3 heterocycles. The lowest BCUT2D eigenvalue weighted by atomic mass is 9.82. The van der Waals surface area contributed by atoms with Gasteiger partial charge in [0, 0.05) is 27.1 Å². The van der Waals surface area contributed by atoms with Crippen LogP contribution in [0.3, 0.4) is 0 Å². The number of nitrogens with one attached hydrogen (secondary N) is 2. The van der Waals surface area contributed by atoms with Gasteiger partial charge >= 0.3 is 4.87 Å². The Hall–Kier alpha value is -3.48. The summed E-state index contributed by atoms with van der Waals surface area (Å²) in [5, 5.41) is 3.37. The molecule has 3 aromatic carbocycles. The number of amides is 3. The Labute approximate surface area is 268 Å². The van der Waals surface area contributed by atoms with E-state index in [-0.39, 0.29) is 22.3 Å². The Kier molecular flexibility index (Phi) is 8.18. The quantitative estimate of drug-likeness (QED) is 0.223. The number of benzene rings is 3. The molecule has 1 saturated heterocycles. The van der Waals surface area contributed by atoms with E-state index >= 15 is 0 Å². The van der Waals surface area contributed by atoms with Crippen LogP contribution in [0.25, 0.3) is 0 Å². The van der Waals surface area contributed by atoms with Crippen molar-refractivity contribution in [3.05, 3.63) is 95.8 Å². The van der Waals surface area contributed by atoms with Gasteiger partial charge in [-0.3, -0.25) is 19.2 Å². The van der Waals surface area contributed by atoms with E-state index in [4.69, 9.17) is 44.3 Å². The first-order chi connectivity index (χ1) is 20.6. The summed E-state index contributed by atoms with van der Waals surface area (Å²) in [6.45, 7) is -0.383. The molecule has 2 N–H and O–H groups in total. The number of H-pyrrole nitrogens is 1. The largest absolute Gasteiger partial charge is 0.497 e. The highest BCUT2D eigenvalue weighted by Gasteiger charge is 2.56. The number of carbonyl (C=O) groups excluding carboxylic acids is 3. The highest BCUT2D eigenvalue weighted by atomic mass is 35.5. The second kappa shape index (κ2) is 11.9. The lowest BCUT2D eigenvalue weighted by molar-refractivity contribution is -0.122. The minimum atomic E-state index is -0.871. The number of anilines is 2. The van der Waals surface area contributed by atoms with Gasteiger partial charge in [0.25, 0.3) is 5.91 Å². The molecule has 0 aliphatic carbocycles. The topological polar surface area (TPSA) is 118 Å². The van der Waals surface area contributed by atoms with Crippen molar-refractivity contribution < 1.29 is 23.9 Å². The average Bonchev–Trinajstić information content (AvgIpc) is 3.48. The number of hydrogen-bond acceptors (Lipinski definition) is 8. The van der Waals surface area contributed by atoms with Gasteiger partial charge in [-0.05, 0) is 60.7 Å². The van der Waals surface area contributed by atoms with Gasteiger partial charge < -0.3 is 19.8 Å². The molecule has 3 atom stereocenters. The normalized spacial score (nSPS) is 19.2. The van der Waals surface area contributed by atoms with Crippen molar-refractivity contribution >= 4 is 87.0 Å². The predicted molar refractivity (Wildman–Crippen MR) is 167 cm³/mol. The monoisotopic (exact) mass is 675 g/mol. The predicted octanol–water partition coefficient (Wildman–Crippen LogP) is 6.22.